The van der Waals surface area contributed by atoms with Crippen molar-refractivity contribution in [2.75, 3.05) is 5.32 Å². The molecule has 0 radical (unpaired) electrons. The number of carbonyl (C=O) groups excluding carboxylic acids is 2. The van der Waals surface area contributed by atoms with Gasteiger partial charge in [-0.2, -0.15) is 0 Å². The number of anilines is 1. The lowest BCUT2D eigenvalue weighted by Gasteiger charge is -2.06. The summed E-state index contributed by atoms with van der Waals surface area (Å²) in [6, 6.07) is 2.73. The maximum Gasteiger partial charge on any atom is 0.291 e. The predicted molar refractivity (Wildman–Crippen MR) is 76.1 cm³/mol. The molecule has 2 aromatic rings. The minimum absolute atomic E-state index is 0.0728. The third kappa shape index (κ3) is 4.47. The summed E-state index contributed by atoms with van der Waals surface area (Å²) in [6.07, 6.45) is 6.48. The zero-order valence-electron chi connectivity index (χ0n) is 11.8. The number of nitrogens with zero attached hydrogens (tertiary/aromatic N) is 2. The van der Waals surface area contributed by atoms with E-state index >= 15 is 0 Å². The molecule has 7 heteroatoms. The Morgan fingerprint density at radius 1 is 1.23 bits per heavy atom. The van der Waals surface area contributed by atoms with Gasteiger partial charge in [-0.05, 0) is 25.0 Å². The summed E-state index contributed by atoms with van der Waals surface area (Å²) in [7, 11) is 0. The zero-order chi connectivity index (χ0) is 15.9. The van der Waals surface area contributed by atoms with Crippen molar-refractivity contribution in [1.29, 1.82) is 0 Å². The molecule has 1 heterocycles. The maximum atomic E-state index is 13.4. The molecule has 0 saturated carbocycles. The van der Waals surface area contributed by atoms with Gasteiger partial charge in [0.25, 0.3) is 5.91 Å². The Kier molecular flexibility index (Phi) is 5.35. The Morgan fingerprint density at radius 2 is 2.05 bits per heavy atom. The van der Waals surface area contributed by atoms with Crippen LogP contribution in [0.5, 0.6) is 0 Å². The normalized spacial score (nSPS) is 10.5. The summed E-state index contributed by atoms with van der Waals surface area (Å²) in [5.41, 5.74) is -0.210. The lowest BCUT2D eigenvalue weighted by Crippen LogP contribution is -2.23. The van der Waals surface area contributed by atoms with Crippen LogP contribution in [0.3, 0.4) is 0 Å². The lowest BCUT2D eigenvalue weighted by molar-refractivity contribution is -0.134. The SMILES string of the molecule is O=C(CCCCn1ccnc1)C(=O)Nc1ccc(F)cc1F. The van der Waals surface area contributed by atoms with Gasteiger partial charge in [-0.3, -0.25) is 9.59 Å². The maximum absolute atomic E-state index is 13.4. The Hall–Kier alpha value is -2.57. The number of halogens is 2. The quantitative estimate of drug-likeness (QED) is 0.631. The number of benzene rings is 1. The van der Waals surface area contributed by atoms with Crippen LogP contribution in [0.2, 0.25) is 0 Å². The van der Waals surface area contributed by atoms with Crippen molar-refractivity contribution in [3.63, 3.8) is 0 Å². The first-order valence-electron chi connectivity index (χ1n) is 6.81. The van der Waals surface area contributed by atoms with Crippen molar-refractivity contribution < 1.29 is 18.4 Å². The Morgan fingerprint density at radius 3 is 2.73 bits per heavy atom. The van der Waals surface area contributed by atoms with Gasteiger partial charge >= 0.3 is 0 Å². The van der Waals surface area contributed by atoms with E-state index in [1.807, 2.05) is 10.8 Å². The number of imidazole rings is 1. The molecule has 1 amide bonds. The van der Waals surface area contributed by atoms with E-state index in [0.717, 1.165) is 18.6 Å². The number of Topliss-reactive ketones (excluding diaryl/α,β-unsaturated/α-hetero) is 1. The summed E-state index contributed by atoms with van der Waals surface area (Å²) >= 11 is 0. The summed E-state index contributed by atoms with van der Waals surface area (Å²) in [4.78, 5) is 27.2. The second-order valence-corrected chi connectivity index (χ2v) is 4.76. The second-order valence-electron chi connectivity index (χ2n) is 4.76. The predicted octanol–water partition coefficient (Wildman–Crippen LogP) is 2.54. The van der Waals surface area contributed by atoms with Gasteiger partial charge in [-0.1, -0.05) is 0 Å². The highest BCUT2D eigenvalue weighted by Gasteiger charge is 2.15. The molecule has 0 aliphatic rings. The minimum atomic E-state index is -0.916. The average Bonchev–Trinajstić information content (AvgIpc) is 2.99. The van der Waals surface area contributed by atoms with Gasteiger partial charge in [0, 0.05) is 31.4 Å². The fraction of sp³-hybridized carbons (Fsp3) is 0.267. The minimum Gasteiger partial charge on any atom is -0.337 e. The van der Waals surface area contributed by atoms with Gasteiger partial charge in [0.2, 0.25) is 5.78 Å². The van der Waals surface area contributed by atoms with Crippen molar-refractivity contribution in [2.24, 2.45) is 0 Å². The third-order valence-corrected chi connectivity index (χ3v) is 3.06. The molecule has 116 valence electrons. The van der Waals surface area contributed by atoms with Gasteiger partial charge < -0.3 is 9.88 Å². The largest absolute Gasteiger partial charge is 0.337 e. The van der Waals surface area contributed by atoms with E-state index in [1.54, 1.807) is 12.5 Å². The summed E-state index contributed by atoms with van der Waals surface area (Å²) in [6.45, 7) is 0.710. The van der Waals surface area contributed by atoms with Crippen LogP contribution in [-0.2, 0) is 16.1 Å². The molecule has 22 heavy (non-hydrogen) atoms. The molecule has 5 nitrogen and oxygen atoms in total. The molecule has 2 rings (SSSR count). The fourth-order valence-corrected chi connectivity index (χ4v) is 1.90. The van der Waals surface area contributed by atoms with Crippen LogP contribution < -0.4 is 5.32 Å². The van der Waals surface area contributed by atoms with E-state index in [4.69, 9.17) is 0 Å². The molecule has 0 aliphatic heterocycles. The molecule has 1 aromatic carbocycles. The summed E-state index contributed by atoms with van der Waals surface area (Å²) < 4.78 is 28.0. The van der Waals surface area contributed by atoms with Gasteiger partial charge in [0.1, 0.15) is 11.6 Å². The van der Waals surface area contributed by atoms with E-state index in [9.17, 15) is 18.4 Å². The van der Waals surface area contributed by atoms with Crippen molar-refractivity contribution in [3.05, 3.63) is 48.6 Å². The highest BCUT2D eigenvalue weighted by atomic mass is 19.1. The molecule has 1 N–H and O–H groups in total. The first-order valence-corrected chi connectivity index (χ1v) is 6.81. The topological polar surface area (TPSA) is 64.0 Å². The number of rotatable bonds is 7. The summed E-state index contributed by atoms with van der Waals surface area (Å²) in [5.74, 6) is -3.19. The number of hydrogen-bond acceptors (Lipinski definition) is 3. The number of aryl methyl sites for hydroxylation is 1. The smallest absolute Gasteiger partial charge is 0.291 e. The van der Waals surface area contributed by atoms with Gasteiger partial charge in [-0.15, -0.1) is 0 Å². The molecule has 0 aliphatic carbocycles. The van der Waals surface area contributed by atoms with Crippen LogP contribution in [0.15, 0.2) is 36.9 Å². The van der Waals surface area contributed by atoms with Crippen molar-refractivity contribution in [2.45, 2.75) is 25.8 Å². The third-order valence-electron chi connectivity index (χ3n) is 3.06. The van der Waals surface area contributed by atoms with Crippen LogP contribution >= 0.6 is 0 Å². The van der Waals surface area contributed by atoms with Crippen molar-refractivity contribution in [1.82, 2.24) is 9.55 Å². The number of hydrogen-bond donors (Lipinski definition) is 1. The van der Waals surface area contributed by atoms with Crippen LogP contribution in [0.1, 0.15) is 19.3 Å². The van der Waals surface area contributed by atoms with E-state index in [1.165, 1.54) is 0 Å². The molecule has 0 unspecified atom stereocenters. The van der Waals surface area contributed by atoms with E-state index in [0.29, 0.717) is 19.0 Å². The number of amides is 1. The molecular weight excluding hydrogens is 292 g/mol. The van der Waals surface area contributed by atoms with Crippen molar-refractivity contribution >= 4 is 17.4 Å². The number of aromatic nitrogens is 2. The fourth-order valence-electron chi connectivity index (χ4n) is 1.90. The highest BCUT2D eigenvalue weighted by molar-refractivity contribution is 6.40. The monoisotopic (exact) mass is 307 g/mol. The molecule has 0 atom stereocenters. The highest BCUT2D eigenvalue weighted by Crippen LogP contribution is 2.15. The Labute approximate surface area is 126 Å². The van der Waals surface area contributed by atoms with Crippen LogP contribution in [0.25, 0.3) is 0 Å². The van der Waals surface area contributed by atoms with E-state index in [-0.39, 0.29) is 12.1 Å². The molecule has 0 saturated heterocycles. The molecule has 0 bridgehead atoms. The number of ketones is 1. The summed E-state index contributed by atoms with van der Waals surface area (Å²) in [5, 5.41) is 2.15. The van der Waals surface area contributed by atoms with Crippen LogP contribution in [-0.4, -0.2) is 21.2 Å². The molecule has 0 fully saturated rings. The van der Waals surface area contributed by atoms with Crippen LogP contribution in [0, 0.1) is 11.6 Å². The van der Waals surface area contributed by atoms with E-state index < -0.39 is 23.3 Å². The Bertz CT molecular complexity index is 657. The average molecular weight is 307 g/mol. The first kappa shape index (κ1) is 15.8. The number of carbonyl (C=O) groups is 2. The first-order chi connectivity index (χ1) is 10.6. The second kappa shape index (κ2) is 7.44. The van der Waals surface area contributed by atoms with Gasteiger partial charge in [-0.25, -0.2) is 13.8 Å². The van der Waals surface area contributed by atoms with Crippen molar-refractivity contribution in [3.8, 4) is 0 Å². The zero-order valence-corrected chi connectivity index (χ0v) is 11.8. The van der Waals surface area contributed by atoms with Crippen LogP contribution in [0.4, 0.5) is 14.5 Å². The lowest BCUT2D eigenvalue weighted by atomic mass is 10.1. The molecule has 0 spiro atoms. The Balaban J connectivity index is 1.75. The van der Waals surface area contributed by atoms with E-state index in [2.05, 4.69) is 10.3 Å². The number of nitrogens with one attached hydrogen (secondary N) is 1. The molecule has 1 aromatic heterocycles. The number of unbranched alkanes of at least 4 members (excludes halogenated alkanes) is 1. The van der Waals surface area contributed by atoms with Gasteiger partial charge in [0.05, 0.1) is 12.0 Å². The molecular formula is C15H15F2N3O2. The van der Waals surface area contributed by atoms with Gasteiger partial charge in [0.15, 0.2) is 0 Å². The standard InChI is InChI=1S/C15H15F2N3O2/c16-11-4-5-13(12(17)9-11)19-15(22)14(21)3-1-2-7-20-8-6-18-10-20/h4-6,8-10H,1-3,7H2,(H,19,22).